The topological polar surface area (TPSA) is 29.4 Å². The summed E-state index contributed by atoms with van der Waals surface area (Å²) in [5.41, 5.74) is 2.43. The van der Waals surface area contributed by atoms with Gasteiger partial charge in [0, 0.05) is 33.0 Å². The molecule has 2 nitrogen and oxygen atoms in total. The molecular weight excluding hydrogens is 206 g/mol. The van der Waals surface area contributed by atoms with Crippen molar-refractivity contribution in [2.75, 3.05) is 6.54 Å². The fourth-order valence-electron chi connectivity index (χ4n) is 3.19. The van der Waals surface area contributed by atoms with Crippen LogP contribution >= 0.6 is 11.3 Å². The van der Waals surface area contributed by atoms with E-state index < -0.39 is 0 Å². The summed E-state index contributed by atoms with van der Waals surface area (Å²) in [6, 6.07) is 2.07. The summed E-state index contributed by atoms with van der Waals surface area (Å²) in [5, 5.41) is 0. The van der Waals surface area contributed by atoms with E-state index in [2.05, 4.69) is 18.0 Å². The van der Waals surface area contributed by atoms with E-state index >= 15 is 0 Å². The molecule has 0 radical (unpaired) electrons. The molecule has 2 aliphatic carbocycles. The number of Topliss-reactive ketones (excluding diaryl/α,β-unsaturated/α-hetero) is 1. The molecule has 1 aromatic heterocycles. The lowest BCUT2D eigenvalue weighted by molar-refractivity contribution is 0.0995. The molecule has 1 fully saturated rings. The Labute approximate surface area is 92.0 Å². The summed E-state index contributed by atoms with van der Waals surface area (Å²) in [4.78, 5) is 19.1. The van der Waals surface area contributed by atoms with Crippen LogP contribution in [-0.4, -0.2) is 18.0 Å². The maximum atomic E-state index is 11.9. The number of carbonyl (C=O) groups is 1. The average molecular weight is 217 g/mol. The van der Waals surface area contributed by atoms with Gasteiger partial charge >= 0.3 is 0 Å². The van der Waals surface area contributed by atoms with Gasteiger partial charge in [0.2, 0.25) is 0 Å². The van der Waals surface area contributed by atoms with Crippen LogP contribution in [0.4, 0.5) is 0 Å². The van der Waals surface area contributed by atoms with Crippen LogP contribution in [0.3, 0.4) is 0 Å². The first-order valence-electron chi connectivity index (χ1n) is 5.40. The number of hydrogen-bond acceptors (Lipinski definition) is 3. The molecule has 1 spiro atoms. The maximum Gasteiger partial charge on any atom is 0.169 e. The third-order valence-corrected chi connectivity index (χ3v) is 5.24. The van der Waals surface area contributed by atoms with Crippen molar-refractivity contribution in [3.05, 3.63) is 21.4 Å². The fourth-order valence-corrected chi connectivity index (χ4v) is 4.52. The van der Waals surface area contributed by atoms with Crippen LogP contribution in [0, 0.1) is 12.8 Å². The van der Waals surface area contributed by atoms with Gasteiger partial charge in [-0.25, -0.2) is 0 Å². The molecule has 4 rings (SSSR count). The molecular formula is C12H11NOS. The Kier molecular flexibility index (Phi) is 1.23. The Morgan fingerprint density at radius 3 is 3.27 bits per heavy atom. The highest BCUT2D eigenvalue weighted by Gasteiger charge is 2.65. The molecule has 1 aromatic rings. The summed E-state index contributed by atoms with van der Waals surface area (Å²) in [5.74, 6) is 1.00. The summed E-state index contributed by atoms with van der Waals surface area (Å²) < 4.78 is 0. The van der Waals surface area contributed by atoms with Crippen LogP contribution in [0.5, 0.6) is 0 Å². The van der Waals surface area contributed by atoms with E-state index in [4.69, 9.17) is 0 Å². The predicted octanol–water partition coefficient (Wildman–Crippen LogP) is 2.36. The summed E-state index contributed by atoms with van der Waals surface area (Å²) in [6.07, 6.45) is 1.83. The molecule has 0 aromatic carbocycles. The lowest BCUT2D eigenvalue weighted by Crippen LogP contribution is -2.28. The second kappa shape index (κ2) is 2.24. The molecule has 0 amide bonds. The number of rotatable bonds is 0. The van der Waals surface area contributed by atoms with Gasteiger partial charge in [-0.05, 0) is 25.3 Å². The van der Waals surface area contributed by atoms with Gasteiger partial charge in [-0.1, -0.05) is 0 Å². The van der Waals surface area contributed by atoms with E-state index in [0.29, 0.717) is 6.42 Å². The van der Waals surface area contributed by atoms with Gasteiger partial charge in [-0.2, -0.15) is 0 Å². The number of ketones is 1. The Bertz CT molecular complexity index is 528. The lowest BCUT2D eigenvalue weighted by Gasteiger charge is -2.21. The number of aryl methyl sites for hydroxylation is 1. The largest absolute Gasteiger partial charge is 0.294 e. The molecule has 1 saturated carbocycles. The van der Waals surface area contributed by atoms with Gasteiger partial charge in [-0.3, -0.25) is 9.79 Å². The average Bonchev–Trinajstić information content (AvgIpc) is 2.59. The van der Waals surface area contributed by atoms with Crippen LogP contribution in [0.2, 0.25) is 0 Å². The van der Waals surface area contributed by atoms with Gasteiger partial charge in [0.1, 0.15) is 0 Å². The van der Waals surface area contributed by atoms with E-state index in [0.717, 1.165) is 18.0 Å². The van der Waals surface area contributed by atoms with Crippen molar-refractivity contribution in [2.24, 2.45) is 10.9 Å². The quantitative estimate of drug-likeness (QED) is 0.656. The summed E-state index contributed by atoms with van der Waals surface area (Å²) >= 11 is 1.81. The SMILES string of the molecule is Cc1cc2c(s1)C13CC1CN=C3CC2=O. The maximum absolute atomic E-state index is 11.9. The first kappa shape index (κ1) is 8.22. The van der Waals surface area contributed by atoms with Crippen LogP contribution in [0.1, 0.15) is 33.0 Å². The Morgan fingerprint density at radius 1 is 1.60 bits per heavy atom. The molecule has 2 unspecified atom stereocenters. The second-order valence-electron chi connectivity index (χ2n) is 4.86. The molecule has 0 bridgehead atoms. The first-order chi connectivity index (χ1) is 7.22. The monoisotopic (exact) mass is 217 g/mol. The Hall–Kier alpha value is -0.960. The number of thiophene rings is 1. The summed E-state index contributed by atoms with van der Waals surface area (Å²) in [7, 11) is 0. The molecule has 15 heavy (non-hydrogen) atoms. The van der Waals surface area contributed by atoms with Crippen molar-refractivity contribution in [3.63, 3.8) is 0 Å². The van der Waals surface area contributed by atoms with Gasteiger partial charge in [-0.15, -0.1) is 11.3 Å². The van der Waals surface area contributed by atoms with Crippen LogP contribution in [0.15, 0.2) is 11.1 Å². The minimum atomic E-state index is 0.238. The highest BCUT2D eigenvalue weighted by molar-refractivity contribution is 7.12. The minimum Gasteiger partial charge on any atom is -0.294 e. The zero-order chi connectivity index (χ0) is 10.2. The number of carbonyl (C=O) groups excluding carboxylic acids is 1. The Balaban J connectivity index is 2.03. The third kappa shape index (κ3) is 0.783. The van der Waals surface area contributed by atoms with Crippen molar-refractivity contribution in [3.8, 4) is 0 Å². The van der Waals surface area contributed by atoms with E-state index in [1.54, 1.807) is 0 Å². The zero-order valence-corrected chi connectivity index (χ0v) is 9.36. The van der Waals surface area contributed by atoms with Crippen LogP contribution in [-0.2, 0) is 5.41 Å². The number of fused-ring (bicyclic) bond motifs is 1. The molecule has 2 atom stereocenters. The van der Waals surface area contributed by atoms with Crippen molar-refractivity contribution < 1.29 is 4.79 Å². The molecule has 0 N–H and O–H groups in total. The molecule has 3 aliphatic rings. The lowest BCUT2D eigenvalue weighted by atomic mass is 9.83. The van der Waals surface area contributed by atoms with Crippen molar-refractivity contribution in [1.82, 2.24) is 0 Å². The number of hydrogen-bond donors (Lipinski definition) is 0. The fraction of sp³-hybridized carbons (Fsp3) is 0.500. The van der Waals surface area contributed by atoms with E-state index in [1.165, 1.54) is 21.9 Å². The van der Waals surface area contributed by atoms with E-state index in [9.17, 15) is 4.79 Å². The van der Waals surface area contributed by atoms with Crippen LogP contribution in [0.25, 0.3) is 0 Å². The van der Waals surface area contributed by atoms with E-state index in [-0.39, 0.29) is 11.2 Å². The van der Waals surface area contributed by atoms with E-state index in [1.807, 2.05) is 11.3 Å². The highest BCUT2D eigenvalue weighted by atomic mass is 32.1. The Morgan fingerprint density at radius 2 is 2.47 bits per heavy atom. The third-order valence-electron chi connectivity index (χ3n) is 4.01. The first-order valence-corrected chi connectivity index (χ1v) is 6.21. The standard InChI is InChI=1S/C12H11NOS/c1-6-2-8-9(14)3-10-12(11(8)15-6)4-7(12)5-13-10/h2,7H,3-5H2,1H3. The molecule has 2 heterocycles. The van der Waals surface area contributed by atoms with Crippen molar-refractivity contribution in [1.29, 1.82) is 0 Å². The van der Waals surface area contributed by atoms with Crippen LogP contribution < -0.4 is 0 Å². The van der Waals surface area contributed by atoms with Crippen molar-refractivity contribution >= 4 is 22.8 Å². The van der Waals surface area contributed by atoms with Gasteiger partial charge in [0.15, 0.2) is 5.78 Å². The zero-order valence-electron chi connectivity index (χ0n) is 8.54. The molecule has 1 aliphatic heterocycles. The molecule has 3 heteroatoms. The number of aliphatic imine (C=N–C) groups is 1. The highest BCUT2D eigenvalue weighted by Crippen LogP contribution is 2.63. The minimum absolute atomic E-state index is 0.238. The number of nitrogens with zero attached hydrogens (tertiary/aromatic N) is 1. The molecule has 0 saturated heterocycles. The normalized spacial score (nSPS) is 35.7. The smallest absolute Gasteiger partial charge is 0.169 e. The second-order valence-corrected chi connectivity index (χ2v) is 6.12. The van der Waals surface area contributed by atoms with Crippen molar-refractivity contribution in [2.45, 2.75) is 25.2 Å². The predicted molar refractivity (Wildman–Crippen MR) is 60.1 cm³/mol. The molecule has 76 valence electrons. The van der Waals surface area contributed by atoms with Gasteiger partial charge < -0.3 is 0 Å². The summed E-state index contributed by atoms with van der Waals surface area (Å²) in [6.45, 7) is 3.05. The van der Waals surface area contributed by atoms with Gasteiger partial charge in [0.25, 0.3) is 0 Å². The van der Waals surface area contributed by atoms with Gasteiger partial charge in [0.05, 0.1) is 6.42 Å².